The van der Waals surface area contributed by atoms with Crippen molar-refractivity contribution in [2.24, 2.45) is 0 Å². The molecule has 0 aliphatic heterocycles. The minimum absolute atomic E-state index is 0.0834. The zero-order valence-corrected chi connectivity index (χ0v) is 20.1. The van der Waals surface area contributed by atoms with Crippen LogP contribution in [-0.4, -0.2) is 63.4 Å². The standard InChI is InChI=1S/C24H34O10/c1-16(2)10-8-7-9-11-20(25)34-19(12-21(26)32-14-17(3)23(28)30-5)13-22(27)33-15-18(4)24(29)31-6/h19H,1,3-4,7-15H2,2,5-6H3. The molecule has 0 aliphatic rings. The molecule has 0 saturated heterocycles. The van der Waals surface area contributed by atoms with Crippen LogP contribution in [0.5, 0.6) is 0 Å². The van der Waals surface area contributed by atoms with Crippen molar-refractivity contribution in [1.82, 2.24) is 0 Å². The van der Waals surface area contributed by atoms with Gasteiger partial charge in [-0.3, -0.25) is 14.4 Å². The van der Waals surface area contributed by atoms with Gasteiger partial charge in [0.05, 0.1) is 38.2 Å². The van der Waals surface area contributed by atoms with Crippen molar-refractivity contribution in [2.45, 2.75) is 58.0 Å². The van der Waals surface area contributed by atoms with Crippen molar-refractivity contribution in [3.05, 3.63) is 36.5 Å². The Bertz CT molecular complexity index is 735. The number of carbonyl (C=O) groups excluding carboxylic acids is 5. The summed E-state index contributed by atoms with van der Waals surface area (Å²) < 4.78 is 24.1. The number of unbranched alkanes of at least 4 members (excludes halogenated alkanes) is 2. The van der Waals surface area contributed by atoms with Crippen LogP contribution in [0.25, 0.3) is 0 Å². The van der Waals surface area contributed by atoms with Crippen LogP contribution in [0.15, 0.2) is 36.5 Å². The van der Waals surface area contributed by atoms with Gasteiger partial charge in [-0.1, -0.05) is 25.2 Å². The molecule has 10 heteroatoms. The summed E-state index contributed by atoms with van der Waals surface area (Å²) >= 11 is 0. The van der Waals surface area contributed by atoms with Crippen LogP contribution >= 0.6 is 0 Å². The topological polar surface area (TPSA) is 132 Å². The molecule has 0 aromatic carbocycles. The fourth-order valence-corrected chi connectivity index (χ4v) is 2.50. The summed E-state index contributed by atoms with van der Waals surface area (Å²) in [6, 6.07) is 0. The quantitative estimate of drug-likeness (QED) is 0.100. The lowest BCUT2D eigenvalue weighted by Crippen LogP contribution is -2.27. The predicted octanol–water partition coefficient (Wildman–Crippen LogP) is 2.75. The number of esters is 5. The molecule has 0 aromatic rings. The van der Waals surface area contributed by atoms with Crippen molar-refractivity contribution in [1.29, 1.82) is 0 Å². The molecule has 0 N–H and O–H groups in total. The normalized spacial score (nSPS) is 10.1. The van der Waals surface area contributed by atoms with E-state index in [2.05, 4.69) is 29.2 Å². The summed E-state index contributed by atoms with van der Waals surface area (Å²) in [4.78, 5) is 59.2. The molecular weight excluding hydrogens is 448 g/mol. The number of rotatable bonds is 17. The summed E-state index contributed by atoms with van der Waals surface area (Å²) in [6.07, 6.45) is 1.15. The molecule has 0 amide bonds. The monoisotopic (exact) mass is 482 g/mol. The third-order valence-corrected chi connectivity index (χ3v) is 4.33. The highest BCUT2D eigenvalue weighted by molar-refractivity contribution is 5.89. The van der Waals surface area contributed by atoms with E-state index < -0.39 is 62.0 Å². The lowest BCUT2D eigenvalue weighted by Gasteiger charge is -2.17. The first-order valence-corrected chi connectivity index (χ1v) is 10.7. The summed E-state index contributed by atoms with van der Waals surface area (Å²) in [5, 5.41) is 0. The maximum Gasteiger partial charge on any atom is 0.336 e. The molecule has 0 rings (SSSR count). The summed E-state index contributed by atoms with van der Waals surface area (Å²) in [5.41, 5.74) is 0.893. The second kappa shape index (κ2) is 17.1. The van der Waals surface area contributed by atoms with Crippen LogP contribution in [0.2, 0.25) is 0 Å². The molecule has 0 aromatic heterocycles. The van der Waals surface area contributed by atoms with E-state index in [0.29, 0.717) is 6.42 Å². The molecule has 0 saturated carbocycles. The second-order valence-corrected chi connectivity index (χ2v) is 7.55. The van der Waals surface area contributed by atoms with Crippen molar-refractivity contribution >= 4 is 29.8 Å². The van der Waals surface area contributed by atoms with E-state index in [4.69, 9.17) is 14.2 Å². The maximum absolute atomic E-state index is 12.2. The van der Waals surface area contributed by atoms with Crippen LogP contribution in [0.1, 0.15) is 51.9 Å². The highest BCUT2D eigenvalue weighted by Crippen LogP contribution is 2.13. The van der Waals surface area contributed by atoms with E-state index >= 15 is 0 Å². The van der Waals surface area contributed by atoms with Crippen LogP contribution in [0.3, 0.4) is 0 Å². The lowest BCUT2D eigenvalue weighted by atomic mass is 10.1. The Hall–Kier alpha value is -3.43. The molecule has 190 valence electrons. The maximum atomic E-state index is 12.2. The summed E-state index contributed by atoms with van der Waals surface area (Å²) in [6.45, 7) is 11.8. The number of carbonyl (C=O) groups is 5. The average molecular weight is 483 g/mol. The van der Waals surface area contributed by atoms with Gasteiger partial charge in [-0.25, -0.2) is 9.59 Å². The van der Waals surface area contributed by atoms with Crippen molar-refractivity contribution in [3.8, 4) is 0 Å². The molecule has 0 fully saturated rings. The molecule has 0 spiro atoms. The van der Waals surface area contributed by atoms with Crippen LogP contribution in [0.4, 0.5) is 0 Å². The molecule has 0 heterocycles. The number of ether oxygens (including phenoxy) is 5. The first-order chi connectivity index (χ1) is 16.0. The average Bonchev–Trinajstić information content (AvgIpc) is 2.79. The molecule has 0 radical (unpaired) electrons. The van der Waals surface area contributed by atoms with Gasteiger partial charge in [0.25, 0.3) is 0 Å². The molecule has 10 nitrogen and oxygen atoms in total. The van der Waals surface area contributed by atoms with E-state index in [1.54, 1.807) is 0 Å². The van der Waals surface area contributed by atoms with Gasteiger partial charge in [0, 0.05) is 6.42 Å². The number of allylic oxidation sites excluding steroid dienone is 1. The fraction of sp³-hybridized carbons (Fsp3) is 0.542. The third kappa shape index (κ3) is 14.6. The number of methoxy groups -OCH3 is 2. The molecule has 0 atom stereocenters. The largest absolute Gasteiger partial charge is 0.466 e. The van der Waals surface area contributed by atoms with Gasteiger partial charge >= 0.3 is 29.8 Å². The van der Waals surface area contributed by atoms with Crippen LogP contribution in [0, 0.1) is 0 Å². The fourth-order valence-electron chi connectivity index (χ4n) is 2.50. The van der Waals surface area contributed by atoms with Gasteiger partial charge in [-0.15, -0.1) is 6.58 Å². The Labute approximate surface area is 199 Å². The van der Waals surface area contributed by atoms with Crippen molar-refractivity contribution in [3.63, 3.8) is 0 Å². The first-order valence-electron chi connectivity index (χ1n) is 10.7. The van der Waals surface area contributed by atoms with E-state index in [1.807, 2.05) is 6.92 Å². The van der Waals surface area contributed by atoms with E-state index in [9.17, 15) is 24.0 Å². The molecule has 0 unspecified atom stereocenters. The van der Waals surface area contributed by atoms with Crippen molar-refractivity contribution < 1.29 is 47.7 Å². The van der Waals surface area contributed by atoms with Gasteiger partial charge in [0.1, 0.15) is 19.3 Å². The Morgan fingerprint density at radius 1 is 0.676 bits per heavy atom. The Morgan fingerprint density at radius 2 is 1.12 bits per heavy atom. The smallest absolute Gasteiger partial charge is 0.336 e. The Balaban J connectivity index is 4.86. The zero-order valence-electron chi connectivity index (χ0n) is 20.1. The molecule has 0 bridgehead atoms. The molecule has 0 aliphatic carbocycles. The van der Waals surface area contributed by atoms with Gasteiger partial charge in [-0.2, -0.15) is 0 Å². The van der Waals surface area contributed by atoms with E-state index in [0.717, 1.165) is 39.1 Å². The van der Waals surface area contributed by atoms with Crippen LogP contribution in [-0.2, 0) is 47.7 Å². The summed E-state index contributed by atoms with van der Waals surface area (Å²) in [5.74, 6) is -3.71. The summed E-state index contributed by atoms with van der Waals surface area (Å²) in [7, 11) is 2.31. The Morgan fingerprint density at radius 3 is 1.53 bits per heavy atom. The SMILES string of the molecule is C=C(C)CCCCCC(=O)OC(CC(=O)OCC(=C)C(=O)OC)CC(=O)OCC(=C)C(=O)OC. The van der Waals surface area contributed by atoms with Gasteiger partial charge in [0.2, 0.25) is 0 Å². The second-order valence-electron chi connectivity index (χ2n) is 7.55. The van der Waals surface area contributed by atoms with Gasteiger partial charge in [-0.05, 0) is 26.2 Å². The third-order valence-electron chi connectivity index (χ3n) is 4.33. The predicted molar refractivity (Wildman–Crippen MR) is 121 cm³/mol. The minimum Gasteiger partial charge on any atom is -0.466 e. The van der Waals surface area contributed by atoms with Crippen LogP contribution < -0.4 is 0 Å². The molecule has 34 heavy (non-hydrogen) atoms. The highest BCUT2D eigenvalue weighted by Gasteiger charge is 2.24. The Kier molecular flexibility index (Phi) is 15.4. The van der Waals surface area contributed by atoms with Crippen molar-refractivity contribution in [2.75, 3.05) is 27.4 Å². The van der Waals surface area contributed by atoms with E-state index in [1.165, 1.54) is 0 Å². The zero-order chi connectivity index (χ0) is 26.1. The number of hydrogen-bond donors (Lipinski definition) is 0. The van der Waals surface area contributed by atoms with Gasteiger partial charge in [0.15, 0.2) is 0 Å². The number of hydrogen-bond acceptors (Lipinski definition) is 10. The first kappa shape index (κ1) is 30.6. The van der Waals surface area contributed by atoms with E-state index in [-0.39, 0.29) is 17.6 Å². The minimum atomic E-state index is -1.17. The molecular formula is C24H34O10. The lowest BCUT2D eigenvalue weighted by molar-refractivity contribution is -0.158. The van der Waals surface area contributed by atoms with Gasteiger partial charge < -0.3 is 23.7 Å². The highest BCUT2D eigenvalue weighted by atomic mass is 16.6.